The van der Waals surface area contributed by atoms with Crippen molar-refractivity contribution >= 4 is 17.4 Å². The lowest BCUT2D eigenvalue weighted by Gasteiger charge is -2.16. The lowest BCUT2D eigenvalue weighted by molar-refractivity contribution is 1.04. The molecule has 0 unspecified atom stereocenters. The van der Waals surface area contributed by atoms with Crippen molar-refractivity contribution in [3.05, 3.63) is 47.4 Å². The molecule has 0 radical (unpaired) electrons. The van der Waals surface area contributed by atoms with E-state index in [2.05, 4.69) is 15.3 Å². The minimum Gasteiger partial charge on any atom is -0.340 e. The Morgan fingerprint density at radius 2 is 1.82 bits per heavy atom. The molecule has 0 amide bonds. The number of fused-ring (bicyclic) bond motifs is 1. The summed E-state index contributed by atoms with van der Waals surface area (Å²) in [5.41, 5.74) is 2.98. The smallest absolute Gasteiger partial charge is 0.168 e. The molecule has 1 aromatic heterocycles. The van der Waals surface area contributed by atoms with Crippen molar-refractivity contribution in [3.8, 4) is 17.8 Å². The molecule has 2 aromatic rings. The summed E-state index contributed by atoms with van der Waals surface area (Å²) in [6, 6.07) is 11.7. The molecule has 1 aliphatic heterocycles. The van der Waals surface area contributed by atoms with Gasteiger partial charge in [0.25, 0.3) is 0 Å². The maximum atomic E-state index is 9.10. The van der Waals surface area contributed by atoms with E-state index < -0.39 is 0 Å². The van der Waals surface area contributed by atoms with Gasteiger partial charge in [0.15, 0.2) is 11.4 Å². The van der Waals surface area contributed by atoms with Crippen LogP contribution in [0.15, 0.2) is 41.2 Å². The molecule has 0 atom stereocenters. The lowest BCUT2D eigenvalue weighted by atomic mass is 10.1. The van der Waals surface area contributed by atoms with Gasteiger partial charge in [-0.05, 0) is 26.0 Å². The molecule has 0 saturated heterocycles. The molecule has 1 aliphatic rings. The van der Waals surface area contributed by atoms with E-state index in [1.54, 1.807) is 13.3 Å². The molecule has 2 heterocycles. The maximum Gasteiger partial charge on any atom is 0.168 e. The van der Waals surface area contributed by atoms with E-state index in [4.69, 9.17) is 10.5 Å². The number of imidazole rings is 1. The highest BCUT2D eigenvalue weighted by atomic mass is 15.2. The van der Waals surface area contributed by atoms with E-state index in [-0.39, 0.29) is 5.57 Å². The van der Waals surface area contributed by atoms with Crippen LogP contribution in [0.3, 0.4) is 0 Å². The Labute approximate surface area is 127 Å². The predicted molar refractivity (Wildman–Crippen MR) is 82.4 cm³/mol. The molecule has 6 heteroatoms. The first kappa shape index (κ1) is 13.6. The van der Waals surface area contributed by atoms with Gasteiger partial charge in [-0.2, -0.15) is 10.5 Å². The summed E-state index contributed by atoms with van der Waals surface area (Å²) >= 11 is 0. The first-order valence-electron chi connectivity index (χ1n) is 6.65. The summed E-state index contributed by atoms with van der Waals surface area (Å²) in [5, 5.41) is 21.2. The molecular weight excluding hydrogens is 276 g/mol. The Morgan fingerprint density at radius 3 is 2.45 bits per heavy atom. The second-order valence-electron chi connectivity index (χ2n) is 4.92. The fraction of sp³-hybridized carbons (Fsp3) is 0.125. The summed E-state index contributed by atoms with van der Waals surface area (Å²) in [7, 11) is 0. The molecule has 1 aromatic carbocycles. The van der Waals surface area contributed by atoms with Gasteiger partial charge < -0.3 is 5.32 Å². The Kier molecular flexibility index (Phi) is 3.21. The number of nitriles is 2. The van der Waals surface area contributed by atoms with Crippen molar-refractivity contribution < 1.29 is 0 Å². The Bertz CT molecular complexity index is 868. The molecule has 6 nitrogen and oxygen atoms in total. The number of allylic oxidation sites excluding steroid dienone is 1. The largest absolute Gasteiger partial charge is 0.340 e. The van der Waals surface area contributed by atoms with Crippen molar-refractivity contribution in [3.63, 3.8) is 0 Å². The normalized spacial score (nSPS) is 12.5. The molecule has 0 fully saturated rings. The van der Waals surface area contributed by atoms with E-state index in [1.165, 1.54) is 0 Å². The summed E-state index contributed by atoms with van der Waals surface area (Å²) in [6.45, 7) is 3.80. The summed E-state index contributed by atoms with van der Waals surface area (Å²) in [4.78, 5) is 8.78. The summed E-state index contributed by atoms with van der Waals surface area (Å²) in [6.07, 6.45) is 1.64. The molecule has 1 N–H and O–H groups in total. The zero-order valence-corrected chi connectivity index (χ0v) is 12.1. The maximum absolute atomic E-state index is 9.10. The van der Waals surface area contributed by atoms with E-state index >= 15 is 0 Å². The minimum absolute atomic E-state index is 0.00958. The minimum atomic E-state index is -0.00958. The third-order valence-corrected chi connectivity index (χ3v) is 3.34. The fourth-order valence-corrected chi connectivity index (χ4v) is 2.26. The number of aromatic nitrogens is 2. The molecule has 0 spiro atoms. The van der Waals surface area contributed by atoms with E-state index in [0.717, 1.165) is 11.3 Å². The van der Waals surface area contributed by atoms with Gasteiger partial charge in [-0.3, -0.25) is 4.57 Å². The summed E-state index contributed by atoms with van der Waals surface area (Å²) in [5.74, 6) is 1.22. The van der Waals surface area contributed by atoms with Crippen LogP contribution in [0, 0.1) is 29.6 Å². The van der Waals surface area contributed by atoms with E-state index in [1.807, 2.05) is 47.9 Å². The second kappa shape index (κ2) is 5.19. The predicted octanol–water partition coefficient (Wildman–Crippen LogP) is 2.59. The van der Waals surface area contributed by atoms with Crippen LogP contribution in [0.2, 0.25) is 0 Å². The van der Waals surface area contributed by atoms with Gasteiger partial charge >= 0.3 is 0 Å². The molecule has 0 bridgehead atoms. The zero-order valence-electron chi connectivity index (χ0n) is 12.1. The van der Waals surface area contributed by atoms with Crippen molar-refractivity contribution in [2.24, 2.45) is 4.99 Å². The highest BCUT2D eigenvalue weighted by molar-refractivity contribution is 5.97. The number of amidine groups is 1. The van der Waals surface area contributed by atoms with E-state index in [0.29, 0.717) is 23.0 Å². The number of benzene rings is 1. The van der Waals surface area contributed by atoms with Crippen molar-refractivity contribution in [1.82, 2.24) is 14.9 Å². The van der Waals surface area contributed by atoms with Crippen LogP contribution in [-0.4, -0.2) is 15.4 Å². The number of nitrogens with zero attached hydrogens (tertiary/aromatic N) is 5. The van der Waals surface area contributed by atoms with Crippen LogP contribution in [0.25, 0.3) is 11.4 Å². The Balaban J connectivity index is 2.22. The number of nitrogens with one attached hydrogen (secondary N) is 1. The molecule has 3 rings (SSSR count). The number of aliphatic imine (C=N–C) groups is 1. The highest BCUT2D eigenvalue weighted by Crippen LogP contribution is 2.31. The monoisotopic (exact) mass is 288 g/mol. The zero-order chi connectivity index (χ0) is 15.7. The van der Waals surface area contributed by atoms with Gasteiger partial charge in [-0.1, -0.05) is 17.7 Å². The number of rotatable bonds is 1. The van der Waals surface area contributed by atoms with Crippen molar-refractivity contribution in [1.29, 1.82) is 10.5 Å². The number of aryl methyl sites for hydroxylation is 1. The van der Waals surface area contributed by atoms with Crippen LogP contribution < -0.4 is 5.32 Å². The standard InChI is InChI=1S/C16H12N6/c1-10-3-5-13(6-4-10)22-9-19-15-14(12(7-17)8-18)20-11(2)21-16(15)22/h3-6,9H,1-2H3,(H,20,21). The van der Waals surface area contributed by atoms with Crippen LogP contribution in [0.1, 0.15) is 18.2 Å². The van der Waals surface area contributed by atoms with Crippen LogP contribution in [0.5, 0.6) is 0 Å². The SMILES string of the molecule is CC1=Nc2c(ncn2-c2ccc(C)cc2)C(=C(C#N)C#N)N1. The quantitative estimate of drug-likeness (QED) is 0.817. The van der Waals surface area contributed by atoms with Crippen LogP contribution in [-0.2, 0) is 0 Å². The lowest BCUT2D eigenvalue weighted by Crippen LogP contribution is -2.23. The number of hydrogen-bond donors (Lipinski definition) is 1. The third kappa shape index (κ3) is 2.13. The first-order valence-corrected chi connectivity index (χ1v) is 6.65. The topological polar surface area (TPSA) is 89.8 Å². The number of hydrogen-bond acceptors (Lipinski definition) is 5. The first-order chi connectivity index (χ1) is 10.6. The van der Waals surface area contributed by atoms with Crippen molar-refractivity contribution in [2.75, 3.05) is 0 Å². The second-order valence-corrected chi connectivity index (χ2v) is 4.92. The van der Waals surface area contributed by atoms with Crippen LogP contribution >= 0.6 is 0 Å². The van der Waals surface area contributed by atoms with Crippen molar-refractivity contribution in [2.45, 2.75) is 13.8 Å². The van der Waals surface area contributed by atoms with Gasteiger partial charge in [-0.15, -0.1) is 0 Å². The third-order valence-electron chi connectivity index (χ3n) is 3.34. The molecule has 22 heavy (non-hydrogen) atoms. The average Bonchev–Trinajstić information content (AvgIpc) is 2.93. The van der Waals surface area contributed by atoms with E-state index in [9.17, 15) is 0 Å². The van der Waals surface area contributed by atoms with Crippen LogP contribution in [0.4, 0.5) is 5.82 Å². The molecule has 0 saturated carbocycles. The van der Waals surface area contributed by atoms with Gasteiger partial charge in [-0.25, -0.2) is 9.98 Å². The Hall–Kier alpha value is -3.38. The average molecular weight is 288 g/mol. The summed E-state index contributed by atoms with van der Waals surface area (Å²) < 4.78 is 1.84. The fourth-order valence-electron chi connectivity index (χ4n) is 2.26. The van der Waals surface area contributed by atoms with Gasteiger partial charge in [0, 0.05) is 5.69 Å². The molecule has 0 aliphatic carbocycles. The Morgan fingerprint density at radius 1 is 1.14 bits per heavy atom. The van der Waals surface area contributed by atoms with Gasteiger partial charge in [0.2, 0.25) is 0 Å². The van der Waals surface area contributed by atoms with Gasteiger partial charge in [0.05, 0.1) is 5.70 Å². The van der Waals surface area contributed by atoms with Gasteiger partial charge in [0.1, 0.15) is 30.0 Å². The molecular formula is C16H12N6. The molecule has 106 valence electrons. The highest BCUT2D eigenvalue weighted by Gasteiger charge is 2.23.